The number of nitrogens with one attached hydrogen (secondary N) is 2. The zero-order valence-electron chi connectivity index (χ0n) is 23.1. The lowest BCUT2D eigenvalue weighted by atomic mass is 10.0. The van der Waals surface area contributed by atoms with Crippen molar-refractivity contribution in [3.8, 4) is 0 Å². The molecule has 204 valence electrons. The van der Waals surface area contributed by atoms with Crippen molar-refractivity contribution in [2.75, 3.05) is 37.6 Å². The highest BCUT2D eigenvalue weighted by Gasteiger charge is 2.52. The maximum Gasteiger partial charge on any atom is 0.318 e. The Balaban J connectivity index is 1.72. The van der Waals surface area contributed by atoms with E-state index in [2.05, 4.69) is 29.4 Å². The van der Waals surface area contributed by atoms with E-state index < -0.39 is 12.1 Å². The first-order chi connectivity index (χ1) is 17.6. The van der Waals surface area contributed by atoms with Crippen LogP contribution in [0.2, 0.25) is 0 Å². The van der Waals surface area contributed by atoms with Gasteiger partial charge in [0.05, 0.1) is 12.6 Å². The topological polar surface area (TPSA) is 102 Å². The molecule has 3 unspecified atom stereocenters. The van der Waals surface area contributed by atoms with Gasteiger partial charge in [-0.1, -0.05) is 27.7 Å². The summed E-state index contributed by atoms with van der Waals surface area (Å²) in [5.74, 6) is -0.235. The van der Waals surface area contributed by atoms with E-state index >= 15 is 0 Å². The molecule has 2 heterocycles. The molecule has 2 aliphatic heterocycles. The number of hydrogen-bond acceptors (Lipinski definition) is 5. The normalized spacial score (nSPS) is 19.8. The fourth-order valence-electron chi connectivity index (χ4n) is 5.28. The van der Waals surface area contributed by atoms with Crippen LogP contribution in [0, 0.1) is 11.8 Å². The molecule has 2 fully saturated rings. The summed E-state index contributed by atoms with van der Waals surface area (Å²) in [4.78, 5) is 57.8. The molecule has 9 heteroatoms. The highest BCUT2D eigenvalue weighted by atomic mass is 16.2. The number of benzene rings is 1. The highest BCUT2D eigenvalue weighted by Crippen LogP contribution is 2.31. The van der Waals surface area contributed by atoms with Crippen molar-refractivity contribution in [1.29, 1.82) is 0 Å². The summed E-state index contributed by atoms with van der Waals surface area (Å²) in [6, 6.07) is 5.41. The second kappa shape index (κ2) is 12.4. The molecule has 0 radical (unpaired) electrons. The van der Waals surface area contributed by atoms with Crippen LogP contribution in [0.1, 0.15) is 64.7 Å². The highest BCUT2D eigenvalue weighted by molar-refractivity contribution is 6.00. The van der Waals surface area contributed by atoms with Crippen LogP contribution in [0.25, 0.3) is 0 Å². The third-order valence-electron chi connectivity index (χ3n) is 7.20. The number of ketones is 1. The molecule has 0 spiro atoms. The molecular formula is C28H43N5O4. The number of hydrogen-bond donors (Lipinski definition) is 2. The van der Waals surface area contributed by atoms with E-state index in [0.717, 1.165) is 18.8 Å². The third kappa shape index (κ3) is 6.62. The molecule has 0 saturated carbocycles. The third-order valence-corrected chi connectivity index (χ3v) is 7.20. The van der Waals surface area contributed by atoms with Crippen LogP contribution in [-0.4, -0.2) is 84.3 Å². The van der Waals surface area contributed by atoms with E-state index in [1.807, 2.05) is 39.8 Å². The fraction of sp³-hybridized carbons (Fsp3) is 0.643. The first-order valence-electron chi connectivity index (χ1n) is 13.6. The van der Waals surface area contributed by atoms with E-state index in [1.54, 1.807) is 21.9 Å². The van der Waals surface area contributed by atoms with E-state index in [9.17, 15) is 19.2 Å². The molecule has 3 rings (SSSR count). The van der Waals surface area contributed by atoms with Crippen LogP contribution in [0.4, 0.5) is 10.5 Å². The minimum Gasteiger partial charge on any atom is -0.372 e. The Labute approximate surface area is 220 Å². The molecule has 0 aliphatic carbocycles. The first-order valence-corrected chi connectivity index (χ1v) is 13.6. The zero-order chi connectivity index (χ0) is 27.3. The van der Waals surface area contributed by atoms with Crippen molar-refractivity contribution in [1.82, 2.24) is 20.4 Å². The molecule has 1 aromatic carbocycles. The quantitative estimate of drug-likeness (QED) is 0.501. The lowest BCUT2D eigenvalue weighted by Gasteiger charge is -2.29. The van der Waals surface area contributed by atoms with Crippen LogP contribution in [0.15, 0.2) is 24.3 Å². The van der Waals surface area contributed by atoms with Gasteiger partial charge in [0.2, 0.25) is 5.91 Å². The Morgan fingerprint density at radius 1 is 1.00 bits per heavy atom. The molecule has 2 saturated heterocycles. The Morgan fingerprint density at radius 3 is 2.22 bits per heavy atom. The minimum atomic E-state index is -0.745. The van der Waals surface area contributed by atoms with E-state index in [1.165, 1.54) is 0 Å². The number of likely N-dealkylation sites (tertiary alicyclic amines) is 2. The average molecular weight is 514 g/mol. The van der Waals surface area contributed by atoms with Gasteiger partial charge in [0, 0.05) is 37.4 Å². The first kappa shape index (κ1) is 28.5. The predicted octanol–water partition coefficient (Wildman–Crippen LogP) is 2.90. The Morgan fingerprint density at radius 2 is 1.65 bits per heavy atom. The number of Topliss-reactive ketones (excluding diaryl/α,β-unsaturated/α-hetero) is 1. The molecular weight excluding hydrogens is 470 g/mol. The van der Waals surface area contributed by atoms with Gasteiger partial charge in [-0.05, 0) is 62.8 Å². The number of urea groups is 1. The molecule has 3 atom stereocenters. The monoisotopic (exact) mass is 513 g/mol. The summed E-state index contributed by atoms with van der Waals surface area (Å²) in [5, 5.41) is 5.82. The van der Waals surface area contributed by atoms with Crippen molar-refractivity contribution < 1.29 is 19.2 Å². The molecule has 2 aliphatic rings. The summed E-state index contributed by atoms with van der Waals surface area (Å²) in [7, 11) is 0. The standard InChI is InChI=1S/C28H43N5O4/c1-7-31(8-2)21-11-9-20(10-12-21)26(35)30-22(15-18(3)4)27(36)32-14-13-23-25(32)24(34)17-33(23)28(37)29-16-19(5)6/h9-12,18-19,22-23,25H,7-8,13-17H2,1-6H3,(H,29,37)(H,30,35). The van der Waals surface area contributed by atoms with Crippen molar-refractivity contribution in [2.45, 2.75) is 72.5 Å². The number of anilines is 1. The molecule has 0 bridgehead atoms. The van der Waals surface area contributed by atoms with Crippen LogP contribution >= 0.6 is 0 Å². The molecule has 0 aromatic heterocycles. The second-order valence-electron chi connectivity index (χ2n) is 10.9. The molecule has 1 aromatic rings. The van der Waals surface area contributed by atoms with Crippen LogP contribution in [-0.2, 0) is 9.59 Å². The predicted molar refractivity (Wildman–Crippen MR) is 145 cm³/mol. The van der Waals surface area contributed by atoms with Crippen LogP contribution in [0.5, 0.6) is 0 Å². The number of amides is 4. The van der Waals surface area contributed by atoms with E-state index in [-0.39, 0.29) is 42.1 Å². The van der Waals surface area contributed by atoms with Crippen molar-refractivity contribution in [2.24, 2.45) is 11.8 Å². The summed E-state index contributed by atoms with van der Waals surface area (Å²) in [6.07, 6.45) is 1.01. The van der Waals surface area contributed by atoms with Gasteiger partial charge in [-0.25, -0.2) is 4.79 Å². The summed E-state index contributed by atoms with van der Waals surface area (Å²) in [5.41, 5.74) is 1.53. The number of rotatable bonds is 10. The Kier molecular flexibility index (Phi) is 9.56. The Hall–Kier alpha value is -3.10. The summed E-state index contributed by atoms with van der Waals surface area (Å²) >= 11 is 0. The zero-order valence-corrected chi connectivity index (χ0v) is 23.1. The van der Waals surface area contributed by atoms with E-state index in [4.69, 9.17) is 0 Å². The number of carbonyl (C=O) groups excluding carboxylic acids is 4. The van der Waals surface area contributed by atoms with Crippen molar-refractivity contribution >= 4 is 29.3 Å². The largest absolute Gasteiger partial charge is 0.372 e. The fourth-order valence-corrected chi connectivity index (χ4v) is 5.28. The molecule has 4 amide bonds. The molecule has 37 heavy (non-hydrogen) atoms. The van der Waals surface area contributed by atoms with Crippen LogP contribution in [0.3, 0.4) is 0 Å². The van der Waals surface area contributed by atoms with Gasteiger partial charge >= 0.3 is 6.03 Å². The van der Waals surface area contributed by atoms with Gasteiger partial charge in [0.25, 0.3) is 5.91 Å². The van der Waals surface area contributed by atoms with Gasteiger partial charge in [-0.3, -0.25) is 14.4 Å². The SMILES string of the molecule is CCN(CC)c1ccc(C(=O)NC(CC(C)C)C(=O)N2CCC3C2C(=O)CN3C(=O)NCC(C)C)cc1. The lowest BCUT2D eigenvalue weighted by Crippen LogP contribution is -2.53. The van der Waals surface area contributed by atoms with Crippen LogP contribution < -0.4 is 15.5 Å². The number of nitrogens with zero attached hydrogens (tertiary/aromatic N) is 3. The summed E-state index contributed by atoms with van der Waals surface area (Å²) < 4.78 is 0. The van der Waals surface area contributed by atoms with E-state index in [0.29, 0.717) is 37.4 Å². The smallest absolute Gasteiger partial charge is 0.318 e. The van der Waals surface area contributed by atoms with Gasteiger partial charge in [0.1, 0.15) is 12.1 Å². The number of carbonyl (C=O) groups is 4. The van der Waals surface area contributed by atoms with Crippen molar-refractivity contribution in [3.63, 3.8) is 0 Å². The minimum absolute atomic E-state index is 0.00311. The maximum absolute atomic E-state index is 13.7. The van der Waals surface area contributed by atoms with Gasteiger partial charge < -0.3 is 25.3 Å². The molecule has 2 N–H and O–H groups in total. The lowest BCUT2D eigenvalue weighted by molar-refractivity contribution is -0.138. The van der Waals surface area contributed by atoms with Gasteiger partial charge in [-0.2, -0.15) is 0 Å². The molecule has 9 nitrogen and oxygen atoms in total. The number of fused-ring (bicyclic) bond motifs is 1. The summed E-state index contributed by atoms with van der Waals surface area (Å²) in [6.45, 7) is 14.9. The van der Waals surface area contributed by atoms with Crippen molar-refractivity contribution in [3.05, 3.63) is 29.8 Å². The van der Waals surface area contributed by atoms with Gasteiger partial charge in [0.15, 0.2) is 5.78 Å². The maximum atomic E-state index is 13.7. The van der Waals surface area contributed by atoms with Gasteiger partial charge in [-0.15, -0.1) is 0 Å². The Bertz CT molecular complexity index is 973. The second-order valence-corrected chi connectivity index (χ2v) is 10.9. The average Bonchev–Trinajstić information content (AvgIpc) is 3.44.